The van der Waals surface area contributed by atoms with E-state index >= 15 is 0 Å². The van der Waals surface area contributed by atoms with Crippen LogP contribution in [0, 0.1) is 0 Å². The van der Waals surface area contributed by atoms with Crippen molar-refractivity contribution < 1.29 is 8.42 Å². The first-order valence-corrected chi connectivity index (χ1v) is 9.23. The number of nitrogens with zero attached hydrogens (tertiary/aromatic N) is 2. The van der Waals surface area contributed by atoms with E-state index in [0.29, 0.717) is 13.1 Å². The van der Waals surface area contributed by atoms with Crippen molar-refractivity contribution in [2.45, 2.75) is 36.5 Å². The van der Waals surface area contributed by atoms with Crippen LogP contribution in [0.25, 0.3) is 0 Å². The van der Waals surface area contributed by atoms with Gasteiger partial charge >= 0.3 is 0 Å². The molecule has 0 aliphatic rings. The number of aryl methyl sites for hydroxylation is 1. The second-order valence-electron chi connectivity index (χ2n) is 5.18. The van der Waals surface area contributed by atoms with Crippen LogP contribution in [-0.4, -0.2) is 49.3 Å². The Balaban J connectivity index is 2.64. The molecule has 0 fully saturated rings. The lowest BCUT2D eigenvalue weighted by Crippen LogP contribution is -2.35. The molecule has 0 saturated heterocycles. The van der Waals surface area contributed by atoms with Crippen LogP contribution < -0.4 is 10.0 Å². The van der Waals surface area contributed by atoms with E-state index in [1.54, 1.807) is 22.6 Å². The number of hydrogen-bond donors (Lipinski definition) is 2. The van der Waals surface area contributed by atoms with Crippen LogP contribution in [0.4, 0.5) is 0 Å². The van der Waals surface area contributed by atoms with E-state index in [-0.39, 0.29) is 9.64 Å². The molecule has 0 amide bonds. The molecule has 8 heteroatoms. The van der Waals surface area contributed by atoms with Gasteiger partial charge in [-0.15, -0.1) is 0 Å². The molecule has 2 N–H and O–H groups in total. The highest BCUT2D eigenvalue weighted by molar-refractivity contribution is 8.00. The third kappa shape index (κ3) is 5.43. The van der Waals surface area contributed by atoms with Gasteiger partial charge in [0.15, 0.2) is 0 Å². The first-order chi connectivity index (χ1) is 9.30. The molecule has 0 atom stereocenters. The normalized spacial score (nSPS) is 12.8. The monoisotopic (exact) mass is 320 g/mol. The van der Waals surface area contributed by atoms with Crippen molar-refractivity contribution in [1.82, 2.24) is 19.8 Å². The number of aromatic nitrogens is 2. The van der Waals surface area contributed by atoms with Crippen LogP contribution in [0.15, 0.2) is 17.3 Å². The molecule has 0 aliphatic heterocycles. The lowest BCUT2D eigenvalue weighted by Gasteiger charge is -2.21. The Morgan fingerprint density at radius 1 is 1.45 bits per heavy atom. The summed E-state index contributed by atoms with van der Waals surface area (Å²) in [5.74, 6) is 0. The molecule has 0 spiro atoms. The number of hydrogen-bond acceptors (Lipinski definition) is 5. The summed E-state index contributed by atoms with van der Waals surface area (Å²) < 4.78 is 28.5. The van der Waals surface area contributed by atoms with E-state index < -0.39 is 10.0 Å². The minimum absolute atomic E-state index is 0.129. The quantitative estimate of drug-likeness (QED) is 0.662. The maximum atomic E-state index is 12.2. The molecule has 0 aromatic carbocycles. The Morgan fingerprint density at radius 3 is 2.75 bits per heavy atom. The molecule has 20 heavy (non-hydrogen) atoms. The Kier molecular flexibility index (Phi) is 6.50. The number of rotatable bonds is 9. The summed E-state index contributed by atoms with van der Waals surface area (Å²) in [4.78, 5) is 0.221. The number of sulfonamides is 1. The zero-order valence-electron chi connectivity index (χ0n) is 12.5. The predicted octanol–water partition coefficient (Wildman–Crippen LogP) is 0.913. The molecule has 0 bridgehead atoms. The van der Waals surface area contributed by atoms with Gasteiger partial charge in [-0.3, -0.25) is 4.68 Å². The summed E-state index contributed by atoms with van der Waals surface area (Å²) >= 11 is 1.63. The molecule has 1 rings (SSSR count). The van der Waals surface area contributed by atoms with E-state index in [1.807, 2.05) is 27.2 Å². The van der Waals surface area contributed by atoms with Crippen molar-refractivity contribution in [2.24, 2.45) is 0 Å². The van der Waals surface area contributed by atoms with Gasteiger partial charge in [0, 0.05) is 24.0 Å². The van der Waals surface area contributed by atoms with Crippen molar-refractivity contribution in [3.8, 4) is 0 Å². The molecule has 6 nitrogen and oxygen atoms in total. The Bertz CT molecular complexity index is 511. The van der Waals surface area contributed by atoms with Gasteiger partial charge in [-0.05, 0) is 40.1 Å². The van der Waals surface area contributed by atoms with Gasteiger partial charge in [0.2, 0.25) is 10.0 Å². The maximum absolute atomic E-state index is 12.2. The summed E-state index contributed by atoms with van der Waals surface area (Å²) in [6.07, 6.45) is 5.84. The zero-order chi connectivity index (χ0) is 15.2. The fraction of sp³-hybridized carbons (Fsp3) is 0.750. The van der Waals surface area contributed by atoms with Crippen molar-refractivity contribution >= 4 is 21.8 Å². The van der Waals surface area contributed by atoms with Crippen molar-refractivity contribution in [2.75, 3.05) is 26.4 Å². The predicted molar refractivity (Wildman–Crippen MR) is 83.6 cm³/mol. The standard InChI is InChI=1S/C12H24N4O2S2/c1-12(2,19-4)10-15-20(17,18)11-8-14-16(9-11)7-5-6-13-3/h8-9,13,15H,5-7,10H2,1-4H3. The Labute approximate surface area is 125 Å². The van der Waals surface area contributed by atoms with E-state index in [0.717, 1.165) is 13.0 Å². The summed E-state index contributed by atoms with van der Waals surface area (Å²) in [6.45, 7) is 5.97. The molecule has 116 valence electrons. The first-order valence-electron chi connectivity index (χ1n) is 6.52. The van der Waals surface area contributed by atoms with Crippen LogP contribution in [0.1, 0.15) is 20.3 Å². The van der Waals surface area contributed by atoms with Crippen LogP contribution in [-0.2, 0) is 16.6 Å². The van der Waals surface area contributed by atoms with E-state index in [9.17, 15) is 8.42 Å². The maximum Gasteiger partial charge on any atom is 0.243 e. The third-order valence-electron chi connectivity index (χ3n) is 2.97. The molecule has 0 saturated carbocycles. The summed E-state index contributed by atoms with van der Waals surface area (Å²) in [6, 6.07) is 0. The lowest BCUT2D eigenvalue weighted by atomic mass is 10.2. The van der Waals surface area contributed by atoms with Gasteiger partial charge < -0.3 is 5.32 Å². The van der Waals surface area contributed by atoms with Gasteiger partial charge in [-0.2, -0.15) is 16.9 Å². The molecule has 0 aliphatic carbocycles. The molecule has 1 aromatic heterocycles. The summed E-state index contributed by atoms with van der Waals surface area (Å²) in [5.41, 5.74) is 0. The second kappa shape index (κ2) is 7.44. The highest BCUT2D eigenvalue weighted by Gasteiger charge is 2.22. The fourth-order valence-electron chi connectivity index (χ4n) is 1.45. The zero-order valence-corrected chi connectivity index (χ0v) is 14.1. The van der Waals surface area contributed by atoms with Gasteiger partial charge in [0.25, 0.3) is 0 Å². The summed E-state index contributed by atoms with van der Waals surface area (Å²) in [7, 11) is -1.59. The topological polar surface area (TPSA) is 76.0 Å². The fourth-order valence-corrected chi connectivity index (χ4v) is 2.92. The van der Waals surface area contributed by atoms with E-state index in [1.165, 1.54) is 6.20 Å². The molecular weight excluding hydrogens is 296 g/mol. The van der Waals surface area contributed by atoms with Gasteiger partial charge in [-0.25, -0.2) is 13.1 Å². The van der Waals surface area contributed by atoms with Crippen LogP contribution in [0.2, 0.25) is 0 Å². The van der Waals surface area contributed by atoms with E-state index in [2.05, 4.69) is 15.1 Å². The van der Waals surface area contributed by atoms with Crippen LogP contribution in [0.5, 0.6) is 0 Å². The Hall–Kier alpha value is -0.570. The lowest BCUT2D eigenvalue weighted by molar-refractivity contribution is 0.558. The SMILES string of the molecule is CNCCCn1cc(S(=O)(=O)NCC(C)(C)SC)cn1. The minimum Gasteiger partial charge on any atom is -0.320 e. The number of nitrogens with one attached hydrogen (secondary N) is 2. The van der Waals surface area contributed by atoms with Crippen LogP contribution in [0.3, 0.4) is 0 Å². The largest absolute Gasteiger partial charge is 0.320 e. The third-order valence-corrected chi connectivity index (χ3v) is 5.58. The average molecular weight is 320 g/mol. The second-order valence-corrected chi connectivity index (χ2v) is 8.46. The minimum atomic E-state index is -3.48. The molecular formula is C12H24N4O2S2. The first kappa shape index (κ1) is 17.5. The van der Waals surface area contributed by atoms with Gasteiger partial charge in [-0.1, -0.05) is 0 Å². The van der Waals surface area contributed by atoms with Crippen LogP contribution >= 0.6 is 11.8 Å². The van der Waals surface area contributed by atoms with Crippen molar-refractivity contribution in [3.63, 3.8) is 0 Å². The highest BCUT2D eigenvalue weighted by Crippen LogP contribution is 2.20. The Morgan fingerprint density at radius 2 is 2.15 bits per heavy atom. The van der Waals surface area contributed by atoms with Crippen molar-refractivity contribution in [3.05, 3.63) is 12.4 Å². The number of thioether (sulfide) groups is 1. The molecule has 1 heterocycles. The summed E-state index contributed by atoms with van der Waals surface area (Å²) in [5, 5.41) is 7.13. The van der Waals surface area contributed by atoms with E-state index in [4.69, 9.17) is 0 Å². The molecule has 0 radical (unpaired) electrons. The van der Waals surface area contributed by atoms with Crippen molar-refractivity contribution in [1.29, 1.82) is 0 Å². The van der Waals surface area contributed by atoms with Gasteiger partial charge in [0.1, 0.15) is 4.90 Å². The van der Waals surface area contributed by atoms with Gasteiger partial charge in [0.05, 0.1) is 6.20 Å². The molecule has 0 unspecified atom stereocenters. The highest BCUT2D eigenvalue weighted by atomic mass is 32.2. The molecule has 1 aromatic rings. The smallest absolute Gasteiger partial charge is 0.243 e. The average Bonchev–Trinajstić information content (AvgIpc) is 2.87.